The molecular weight excluding hydrogens is 352 g/mol. The molecule has 0 amide bonds. The highest BCUT2D eigenvalue weighted by molar-refractivity contribution is 6.05. The van der Waals surface area contributed by atoms with Gasteiger partial charge < -0.3 is 9.47 Å². The van der Waals surface area contributed by atoms with Gasteiger partial charge in [-0.1, -0.05) is 24.3 Å². The zero-order valence-electron chi connectivity index (χ0n) is 16.6. The number of rotatable bonds is 7. The predicted octanol–water partition coefficient (Wildman–Crippen LogP) is 4.52. The lowest BCUT2D eigenvalue weighted by Gasteiger charge is -2.13. The second kappa shape index (κ2) is 8.57. The van der Waals surface area contributed by atoms with Gasteiger partial charge in [0, 0.05) is 18.8 Å². The van der Waals surface area contributed by atoms with E-state index in [0.29, 0.717) is 12.3 Å². The summed E-state index contributed by atoms with van der Waals surface area (Å²) < 4.78 is 13.0. The van der Waals surface area contributed by atoms with E-state index in [2.05, 4.69) is 18.1 Å². The van der Waals surface area contributed by atoms with Gasteiger partial charge >= 0.3 is 0 Å². The van der Waals surface area contributed by atoms with E-state index in [0.717, 1.165) is 28.2 Å². The number of allylic oxidation sites excluding steroid dienone is 1. The van der Waals surface area contributed by atoms with Gasteiger partial charge in [-0.2, -0.15) is 5.10 Å². The first-order valence-electron chi connectivity index (χ1n) is 9.06. The van der Waals surface area contributed by atoms with Crippen molar-refractivity contribution in [3.05, 3.63) is 82.7 Å². The highest BCUT2D eigenvalue weighted by Crippen LogP contribution is 2.25. The van der Waals surface area contributed by atoms with Crippen LogP contribution in [0.25, 0.3) is 6.08 Å². The predicted molar refractivity (Wildman–Crippen MR) is 110 cm³/mol. The van der Waals surface area contributed by atoms with Crippen molar-refractivity contribution < 1.29 is 14.3 Å². The maximum Gasteiger partial charge on any atom is 0.203 e. The first-order valence-corrected chi connectivity index (χ1v) is 9.06. The number of methoxy groups -OCH3 is 1. The number of hydrogen-bond acceptors (Lipinski definition) is 4. The third-order valence-corrected chi connectivity index (χ3v) is 4.74. The van der Waals surface area contributed by atoms with Gasteiger partial charge in [-0.25, -0.2) is 0 Å². The number of hydrogen-bond donors (Lipinski definition) is 0. The summed E-state index contributed by atoms with van der Waals surface area (Å²) in [6, 6.07) is 13.5. The minimum absolute atomic E-state index is 0.0935. The van der Waals surface area contributed by atoms with E-state index < -0.39 is 0 Å². The molecule has 1 heterocycles. The molecule has 144 valence electrons. The molecule has 0 aliphatic carbocycles. The molecule has 0 spiro atoms. The summed E-state index contributed by atoms with van der Waals surface area (Å²) >= 11 is 0. The standard InChI is InChI=1S/C23H24N2O3/c1-16-6-5-7-22(17(16)2)28-15-19-14-18(9-11-23(19)27-4)8-10-21(26)20-12-13-24-25(20)3/h5-14H,15H2,1-4H3/b10-8+. The molecular formula is C23H24N2O3. The fourth-order valence-corrected chi connectivity index (χ4v) is 2.92. The van der Waals surface area contributed by atoms with Gasteiger partial charge in [-0.3, -0.25) is 9.48 Å². The Balaban J connectivity index is 1.78. The summed E-state index contributed by atoms with van der Waals surface area (Å²) in [4.78, 5) is 12.3. The van der Waals surface area contributed by atoms with Gasteiger partial charge in [0.2, 0.25) is 5.78 Å². The van der Waals surface area contributed by atoms with Gasteiger partial charge in [-0.15, -0.1) is 0 Å². The summed E-state index contributed by atoms with van der Waals surface area (Å²) in [6.45, 7) is 4.49. The second-order valence-corrected chi connectivity index (χ2v) is 6.60. The highest BCUT2D eigenvalue weighted by atomic mass is 16.5. The van der Waals surface area contributed by atoms with Gasteiger partial charge in [0.1, 0.15) is 23.8 Å². The Morgan fingerprint density at radius 3 is 2.68 bits per heavy atom. The Morgan fingerprint density at radius 2 is 1.96 bits per heavy atom. The molecule has 0 N–H and O–H groups in total. The lowest BCUT2D eigenvalue weighted by Crippen LogP contribution is -2.04. The minimum atomic E-state index is -0.0935. The van der Waals surface area contributed by atoms with Gasteiger partial charge in [-0.05, 0) is 60.9 Å². The summed E-state index contributed by atoms with van der Waals surface area (Å²) in [7, 11) is 3.38. The van der Waals surface area contributed by atoms with Crippen molar-refractivity contribution in [3.8, 4) is 11.5 Å². The number of nitrogens with zero attached hydrogens (tertiary/aromatic N) is 2. The van der Waals surface area contributed by atoms with Crippen molar-refractivity contribution in [2.45, 2.75) is 20.5 Å². The molecule has 0 radical (unpaired) electrons. The van der Waals surface area contributed by atoms with Crippen LogP contribution in [0, 0.1) is 13.8 Å². The van der Waals surface area contributed by atoms with Crippen molar-refractivity contribution in [1.82, 2.24) is 9.78 Å². The third-order valence-electron chi connectivity index (χ3n) is 4.74. The Morgan fingerprint density at radius 1 is 1.14 bits per heavy atom. The zero-order valence-corrected chi connectivity index (χ0v) is 16.6. The number of ketones is 1. The number of aromatic nitrogens is 2. The molecule has 5 nitrogen and oxygen atoms in total. The molecule has 0 aliphatic heterocycles. The summed E-state index contributed by atoms with van der Waals surface area (Å²) in [5, 5.41) is 4.02. The van der Waals surface area contributed by atoms with E-state index in [4.69, 9.17) is 9.47 Å². The molecule has 0 atom stereocenters. The number of carbonyl (C=O) groups excluding carboxylic acids is 1. The van der Waals surface area contributed by atoms with E-state index in [1.54, 1.807) is 43.3 Å². The lowest BCUT2D eigenvalue weighted by atomic mass is 10.1. The average molecular weight is 376 g/mol. The average Bonchev–Trinajstić information content (AvgIpc) is 3.13. The van der Waals surface area contributed by atoms with Crippen LogP contribution < -0.4 is 9.47 Å². The Bertz CT molecular complexity index is 1020. The Labute approximate surface area is 165 Å². The first kappa shape index (κ1) is 19.4. The normalized spacial score (nSPS) is 11.0. The molecule has 5 heteroatoms. The van der Waals surface area contributed by atoms with Crippen LogP contribution in [-0.4, -0.2) is 22.7 Å². The number of carbonyl (C=O) groups is 1. The quantitative estimate of drug-likeness (QED) is 0.449. The first-order chi connectivity index (χ1) is 13.5. The van der Waals surface area contributed by atoms with E-state index in [1.807, 2.05) is 37.3 Å². The number of ether oxygens (including phenoxy) is 2. The smallest absolute Gasteiger partial charge is 0.203 e. The molecule has 0 fully saturated rings. The number of benzene rings is 2. The molecule has 0 aliphatic rings. The fourth-order valence-electron chi connectivity index (χ4n) is 2.92. The molecule has 2 aromatic carbocycles. The SMILES string of the molecule is COc1ccc(/C=C/C(=O)c2ccnn2C)cc1COc1cccc(C)c1C. The lowest BCUT2D eigenvalue weighted by molar-refractivity contribution is 0.103. The van der Waals surface area contributed by atoms with E-state index in [9.17, 15) is 4.79 Å². The van der Waals surface area contributed by atoms with Crippen LogP contribution in [0.1, 0.15) is 32.7 Å². The Kier molecular flexibility index (Phi) is 5.94. The third kappa shape index (κ3) is 4.31. The molecule has 0 saturated heterocycles. The van der Waals surface area contributed by atoms with Crippen molar-refractivity contribution in [3.63, 3.8) is 0 Å². The summed E-state index contributed by atoms with van der Waals surface area (Å²) in [5.41, 5.74) is 4.67. The minimum Gasteiger partial charge on any atom is -0.496 e. The largest absolute Gasteiger partial charge is 0.496 e. The molecule has 0 bridgehead atoms. The van der Waals surface area contributed by atoms with Crippen LogP contribution in [0.3, 0.4) is 0 Å². The zero-order chi connectivity index (χ0) is 20.1. The van der Waals surface area contributed by atoms with Crippen molar-refractivity contribution in [1.29, 1.82) is 0 Å². The maximum atomic E-state index is 12.3. The van der Waals surface area contributed by atoms with E-state index in [-0.39, 0.29) is 5.78 Å². The molecule has 28 heavy (non-hydrogen) atoms. The van der Waals surface area contributed by atoms with Crippen molar-refractivity contribution in [2.75, 3.05) is 7.11 Å². The van der Waals surface area contributed by atoms with Crippen molar-refractivity contribution >= 4 is 11.9 Å². The summed E-state index contributed by atoms with van der Waals surface area (Å²) in [5.74, 6) is 1.51. The maximum absolute atomic E-state index is 12.3. The monoisotopic (exact) mass is 376 g/mol. The van der Waals surface area contributed by atoms with Crippen LogP contribution in [-0.2, 0) is 13.7 Å². The van der Waals surface area contributed by atoms with E-state index in [1.165, 1.54) is 5.56 Å². The summed E-state index contributed by atoms with van der Waals surface area (Å²) in [6.07, 6.45) is 4.95. The van der Waals surface area contributed by atoms with Gasteiger partial charge in [0.25, 0.3) is 0 Å². The van der Waals surface area contributed by atoms with Crippen LogP contribution >= 0.6 is 0 Å². The van der Waals surface area contributed by atoms with Crippen LogP contribution in [0.15, 0.2) is 54.7 Å². The topological polar surface area (TPSA) is 53.3 Å². The van der Waals surface area contributed by atoms with Crippen LogP contribution in [0.5, 0.6) is 11.5 Å². The van der Waals surface area contributed by atoms with Gasteiger partial charge in [0.15, 0.2) is 0 Å². The molecule has 0 unspecified atom stereocenters. The van der Waals surface area contributed by atoms with Crippen LogP contribution in [0.2, 0.25) is 0 Å². The molecule has 3 aromatic rings. The van der Waals surface area contributed by atoms with E-state index >= 15 is 0 Å². The number of aryl methyl sites for hydroxylation is 2. The van der Waals surface area contributed by atoms with Crippen molar-refractivity contribution in [2.24, 2.45) is 7.05 Å². The second-order valence-electron chi connectivity index (χ2n) is 6.60. The van der Waals surface area contributed by atoms with Crippen LogP contribution in [0.4, 0.5) is 0 Å². The molecule has 3 rings (SSSR count). The fraction of sp³-hybridized carbons (Fsp3) is 0.217. The molecule has 0 saturated carbocycles. The van der Waals surface area contributed by atoms with Gasteiger partial charge in [0.05, 0.1) is 7.11 Å². The Hall–Kier alpha value is -3.34. The molecule has 1 aromatic heterocycles. The highest BCUT2D eigenvalue weighted by Gasteiger charge is 2.09.